The lowest BCUT2D eigenvalue weighted by Gasteiger charge is -2.46. The van der Waals surface area contributed by atoms with Crippen LogP contribution in [0, 0.1) is 0 Å². The first-order valence-corrected chi connectivity index (χ1v) is 5.03. The number of nitrogens with one attached hydrogen (secondary N) is 1. The predicted molar refractivity (Wildman–Crippen MR) is 50.7 cm³/mol. The van der Waals surface area contributed by atoms with Gasteiger partial charge in [-0.1, -0.05) is 6.92 Å². The Morgan fingerprint density at radius 1 is 1.50 bits per heavy atom. The van der Waals surface area contributed by atoms with E-state index in [2.05, 4.69) is 0 Å². The fourth-order valence-corrected chi connectivity index (χ4v) is 1.49. The first kappa shape index (κ1) is 13.2. The van der Waals surface area contributed by atoms with Crippen LogP contribution in [0.25, 0.3) is 0 Å². The van der Waals surface area contributed by atoms with Crippen molar-refractivity contribution in [1.29, 1.82) is 0 Å². The Labute approximate surface area is 91.4 Å². The number of halogens is 3. The normalized spacial score (nSPS) is 19.4. The topological polar surface area (TPSA) is 52.6 Å². The van der Waals surface area contributed by atoms with Gasteiger partial charge in [-0.25, -0.2) is 0 Å². The van der Waals surface area contributed by atoms with E-state index in [9.17, 15) is 23.1 Å². The fourth-order valence-electron chi connectivity index (χ4n) is 1.49. The number of likely N-dealkylation sites (tertiary alicyclic amines) is 1. The number of carbonyl (C=O) groups is 1. The third-order valence-electron chi connectivity index (χ3n) is 2.58. The van der Waals surface area contributed by atoms with Crippen molar-refractivity contribution in [3.05, 3.63) is 0 Å². The second-order valence-electron chi connectivity index (χ2n) is 4.05. The minimum Gasteiger partial charge on any atom is -0.386 e. The van der Waals surface area contributed by atoms with Gasteiger partial charge in [-0.3, -0.25) is 4.79 Å². The number of rotatable bonds is 4. The Morgan fingerprint density at radius 2 is 2.06 bits per heavy atom. The highest BCUT2D eigenvalue weighted by molar-refractivity contribution is 5.79. The Morgan fingerprint density at radius 3 is 2.50 bits per heavy atom. The summed E-state index contributed by atoms with van der Waals surface area (Å²) in [4.78, 5) is 12.6. The molecule has 0 radical (unpaired) electrons. The summed E-state index contributed by atoms with van der Waals surface area (Å²) in [5, 5.41) is 11.6. The minimum absolute atomic E-state index is 0.204. The maximum Gasteiger partial charge on any atom is 0.401 e. The SMILES string of the molecule is CCC1(O)CN(C(=O)CNCC(F)(F)F)C1. The zero-order chi connectivity index (χ0) is 12.4. The van der Waals surface area contributed by atoms with Gasteiger partial charge in [0.2, 0.25) is 5.91 Å². The molecule has 0 unspecified atom stereocenters. The summed E-state index contributed by atoms with van der Waals surface area (Å²) in [6.45, 7) is 0.680. The maximum absolute atomic E-state index is 11.8. The maximum atomic E-state index is 11.8. The number of carbonyl (C=O) groups excluding carboxylic acids is 1. The lowest BCUT2D eigenvalue weighted by Crippen LogP contribution is -2.64. The van der Waals surface area contributed by atoms with E-state index in [-0.39, 0.29) is 19.6 Å². The van der Waals surface area contributed by atoms with Gasteiger partial charge in [0.1, 0.15) is 0 Å². The van der Waals surface area contributed by atoms with E-state index >= 15 is 0 Å². The highest BCUT2D eigenvalue weighted by atomic mass is 19.4. The Bertz CT molecular complexity index is 262. The first-order valence-electron chi connectivity index (χ1n) is 5.03. The van der Waals surface area contributed by atoms with Gasteiger partial charge in [0.05, 0.1) is 31.8 Å². The number of alkyl halides is 3. The smallest absolute Gasteiger partial charge is 0.386 e. The molecule has 1 heterocycles. The molecule has 1 amide bonds. The number of nitrogens with zero attached hydrogens (tertiary/aromatic N) is 1. The van der Waals surface area contributed by atoms with E-state index < -0.39 is 24.2 Å². The molecule has 7 heteroatoms. The van der Waals surface area contributed by atoms with Gasteiger partial charge in [0, 0.05) is 0 Å². The molecule has 0 atom stereocenters. The molecular weight excluding hydrogens is 225 g/mol. The Balaban J connectivity index is 2.19. The van der Waals surface area contributed by atoms with Crippen molar-refractivity contribution in [2.45, 2.75) is 25.1 Å². The zero-order valence-corrected chi connectivity index (χ0v) is 8.97. The van der Waals surface area contributed by atoms with Crippen LogP contribution in [0.15, 0.2) is 0 Å². The molecular formula is C9H15F3N2O2. The van der Waals surface area contributed by atoms with Crippen molar-refractivity contribution in [2.75, 3.05) is 26.2 Å². The first-order chi connectivity index (χ1) is 7.26. The average Bonchev–Trinajstić information content (AvgIpc) is 2.10. The molecule has 0 aromatic carbocycles. The molecule has 0 saturated carbocycles. The Hall–Kier alpha value is -0.820. The van der Waals surface area contributed by atoms with Crippen LogP contribution in [-0.4, -0.2) is 53.9 Å². The number of aliphatic hydroxyl groups is 1. The summed E-state index contributed by atoms with van der Waals surface area (Å²) in [6, 6.07) is 0. The quantitative estimate of drug-likeness (QED) is 0.734. The third-order valence-corrected chi connectivity index (χ3v) is 2.58. The average molecular weight is 240 g/mol. The predicted octanol–water partition coefficient (Wildman–Crippen LogP) is 0.122. The molecule has 2 N–H and O–H groups in total. The van der Waals surface area contributed by atoms with E-state index in [1.807, 2.05) is 5.32 Å². The highest BCUT2D eigenvalue weighted by Crippen LogP contribution is 2.23. The summed E-state index contributed by atoms with van der Waals surface area (Å²) in [5.41, 5.74) is -0.848. The second-order valence-corrected chi connectivity index (χ2v) is 4.05. The highest BCUT2D eigenvalue weighted by Gasteiger charge is 2.41. The molecule has 0 spiro atoms. The monoisotopic (exact) mass is 240 g/mol. The standard InChI is InChI=1S/C9H15F3N2O2/c1-2-8(16)5-14(6-8)7(15)3-13-4-9(10,11)12/h13,16H,2-6H2,1H3. The molecule has 1 rings (SSSR count). The van der Waals surface area contributed by atoms with Crippen molar-refractivity contribution < 1.29 is 23.1 Å². The summed E-state index contributed by atoms with van der Waals surface area (Å²) in [5.74, 6) is -0.414. The van der Waals surface area contributed by atoms with Crippen molar-refractivity contribution in [1.82, 2.24) is 10.2 Å². The molecule has 94 valence electrons. The van der Waals surface area contributed by atoms with Gasteiger partial charge in [-0.05, 0) is 6.42 Å². The van der Waals surface area contributed by atoms with E-state index in [1.54, 1.807) is 6.92 Å². The van der Waals surface area contributed by atoms with Crippen LogP contribution < -0.4 is 5.32 Å². The molecule has 0 bridgehead atoms. The fraction of sp³-hybridized carbons (Fsp3) is 0.889. The van der Waals surface area contributed by atoms with Gasteiger partial charge in [-0.2, -0.15) is 13.2 Å². The van der Waals surface area contributed by atoms with Gasteiger partial charge in [-0.15, -0.1) is 0 Å². The van der Waals surface area contributed by atoms with Crippen LogP contribution in [0.3, 0.4) is 0 Å². The van der Waals surface area contributed by atoms with Crippen LogP contribution in [0.5, 0.6) is 0 Å². The molecule has 1 aliphatic heterocycles. The van der Waals surface area contributed by atoms with Crippen LogP contribution >= 0.6 is 0 Å². The summed E-state index contributed by atoms with van der Waals surface area (Å²) < 4.78 is 35.3. The molecule has 0 aromatic rings. The van der Waals surface area contributed by atoms with Crippen molar-refractivity contribution in [3.8, 4) is 0 Å². The summed E-state index contributed by atoms with van der Waals surface area (Å²) >= 11 is 0. The minimum atomic E-state index is -4.31. The van der Waals surface area contributed by atoms with Crippen molar-refractivity contribution in [3.63, 3.8) is 0 Å². The van der Waals surface area contributed by atoms with Crippen LogP contribution in [-0.2, 0) is 4.79 Å². The van der Waals surface area contributed by atoms with Crippen LogP contribution in [0.2, 0.25) is 0 Å². The lowest BCUT2D eigenvalue weighted by atomic mass is 9.91. The molecule has 16 heavy (non-hydrogen) atoms. The molecule has 1 aliphatic rings. The number of hydrogen-bond donors (Lipinski definition) is 2. The number of β-amino-alcohol motifs (C(OH)–C–C–N with tert-alkyl or cyclic N) is 1. The molecule has 0 aromatic heterocycles. The number of hydrogen-bond acceptors (Lipinski definition) is 3. The van der Waals surface area contributed by atoms with Crippen LogP contribution in [0.4, 0.5) is 13.2 Å². The Kier molecular flexibility index (Phi) is 3.80. The van der Waals surface area contributed by atoms with E-state index in [0.717, 1.165) is 0 Å². The summed E-state index contributed by atoms with van der Waals surface area (Å²) in [7, 11) is 0. The third kappa shape index (κ3) is 3.64. The molecule has 1 saturated heterocycles. The van der Waals surface area contributed by atoms with E-state index in [4.69, 9.17) is 0 Å². The summed E-state index contributed by atoms with van der Waals surface area (Å²) in [6.07, 6.45) is -3.77. The lowest BCUT2D eigenvalue weighted by molar-refractivity contribution is -0.156. The van der Waals surface area contributed by atoms with Crippen molar-refractivity contribution in [2.24, 2.45) is 0 Å². The van der Waals surface area contributed by atoms with Gasteiger partial charge < -0.3 is 15.3 Å². The van der Waals surface area contributed by atoms with Gasteiger partial charge in [0.15, 0.2) is 0 Å². The second kappa shape index (κ2) is 4.58. The van der Waals surface area contributed by atoms with E-state index in [0.29, 0.717) is 6.42 Å². The van der Waals surface area contributed by atoms with E-state index in [1.165, 1.54) is 4.90 Å². The molecule has 4 nitrogen and oxygen atoms in total. The van der Waals surface area contributed by atoms with Crippen molar-refractivity contribution >= 4 is 5.91 Å². The number of amides is 1. The largest absolute Gasteiger partial charge is 0.401 e. The van der Waals surface area contributed by atoms with Gasteiger partial charge in [0.25, 0.3) is 0 Å². The zero-order valence-electron chi connectivity index (χ0n) is 8.97. The van der Waals surface area contributed by atoms with Crippen LogP contribution in [0.1, 0.15) is 13.3 Å². The molecule has 1 fully saturated rings. The molecule has 0 aliphatic carbocycles. The van der Waals surface area contributed by atoms with Gasteiger partial charge >= 0.3 is 6.18 Å².